The van der Waals surface area contributed by atoms with Crippen LogP contribution in [0.5, 0.6) is 5.75 Å². The van der Waals surface area contributed by atoms with E-state index in [1.165, 1.54) is 0 Å². The topological polar surface area (TPSA) is 31.4 Å². The normalized spacial score (nSPS) is 9.83. The average molecular weight is 232 g/mol. The molecule has 0 saturated heterocycles. The molecule has 1 rings (SSSR count). The standard InChI is InChI=1S/C8H10BrNO2/c1-2-11-6-12-8-3-7(9)4-10-5-8/h3-5H,2,6H2,1H3. The molecule has 0 bridgehead atoms. The summed E-state index contributed by atoms with van der Waals surface area (Å²) in [4.78, 5) is 3.94. The van der Waals surface area contributed by atoms with E-state index in [9.17, 15) is 0 Å². The molecule has 4 heteroatoms. The van der Waals surface area contributed by atoms with Crippen LogP contribution in [0.15, 0.2) is 22.9 Å². The van der Waals surface area contributed by atoms with Crippen molar-refractivity contribution < 1.29 is 9.47 Å². The fourth-order valence-electron chi connectivity index (χ4n) is 0.664. The van der Waals surface area contributed by atoms with Crippen molar-refractivity contribution in [2.24, 2.45) is 0 Å². The van der Waals surface area contributed by atoms with Gasteiger partial charge in [0.15, 0.2) is 6.79 Å². The van der Waals surface area contributed by atoms with E-state index < -0.39 is 0 Å². The smallest absolute Gasteiger partial charge is 0.189 e. The lowest BCUT2D eigenvalue weighted by molar-refractivity contribution is 0.0221. The first-order valence-corrected chi connectivity index (χ1v) is 4.43. The van der Waals surface area contributed by atoms with Gasteiger partial charge in [-0.25, -0.2) is 0 Å². The number of rotatable bonds is 4. The second kappa shape index (κ2) is 5.11. The Morgan fingerprint density at radius 2 is 2.33 bits per heavy atom. The minimum atomic E-state index is 0.272. The van der Waals surface area contributed by atoms with Gasteiger partial charge in [-0.3, -0.25) is 4.98 Å². The Morgan fingerprint density at radius 1 is 1.50 bits per heavy atom. The fraction of sp³-hybridized carbons (Fsp3) is 0.375. The number of ether oxygens (including phenoxy) is 2. The molecule has 0 atom stereocenters. The first-order valence-electron chi connectivity index (χ1n) is 3.64. The molecule has 1 heterocycles. The first-order chi connectivity index (χ1) is 5.83. The Bertz CT molecular complexity index is 242. The van der Waals surface area contributed by atoms with Crippen molar-refractivity contribution in [3.8, 4) is 5.75 Å². The van der Waals surface area contributed by atoms with Crippen LogP contribution in [0.3, 0.4) is 0 Å². The summed E-state index contributed by atoms with van der Waals surface area (Å²) in [6, 6.07) is 1.84. The van der Waals surface area contributed by atoms with Crippen molar-refractivity contribution in [1.29, 1.82) is 0 Å². The van der Waals surface area contributed by atoms with Crippen LogP contribution in [0.2, 0.25) is 0 Å². The lowest BCUT2D eigenvalue weighted by Crippen LogP contribution is -2.01. The van der Waals surface area contributed by atoms with Crippen LogP contribution in [-0.2, 0) is 4.74 Å². The summed E-state index contributed by atoms with van der Waals surface area (Å²) in [5, 5.41) is 0. The molecule has 0 aliphatic rings. The molecule has 1 aromatic rings. The maximum Gasteiger partial charge on any atom is 0.189 e. The maximum absolute atomic E-state index is 5.21. The van der Waals surface area contributed by atoms with Gasteiger partial charge in [-0.2, -0.15) is 0 Å². The van der Waals surface area contributed by atoms with Crippen molar-refractivity contribution in [3.05, 3.63) is 22.9 Å². The molecule has 0 aliphatic heterocycles. The Morgan fingerprint density at radius 3 is 3.00 bits per heavy atom. The van der Waals surface area contributed by atoms with Gasteiger partial charge in [0.1, 0.15) is 5.75 Å². The molecule has 0 radical (unpaired) electrons. The van der Waals surface area contributed by atoms with Gasteiger partial charge in [0.2, 0.25) is 0 Å². The molecule has 1 aromatic heterocycles. The van der Waals surface area contributed by atoms with E-state index >= 15 is 0 Å². The third-order valence-electron chi connectivity index (χ3n) is 1.19. The van der Waals surface area contributed by atoms with Crippen LogP contribution < -0.4 is 4.74 Å². The molecule has 0 fully saturated rings. The van der Waals surface area contributed by atoms with E-state index in [1.54, 1.807) is 12.4 Å². The monoisotopic (exact) mass is 231 g/mol. The summed E-state index contributed by atoms with van der Waals surface area (Å²) >= 11 is 3.29. The van der Waals surface area contributed by atoms with Gasteiger partial charge in [0, 0.05) is 17.3 Å². The SMILES string of the molecule is CCOCOc1cncc(Br)c1. The molecule has 66 valence electrons. The lowest BCUT2D eigenvalue weighted by Gasteiger charge is -2.04. The average Bonchev–Trinajstić information content (AvgIpc) is 2.05. The van der Waals surface area contributed by atoms with Crippen molar-refractivity contribution in [1.82, 2.24) is 4.98 Å². The molecule has 0 saturated carbocycles. The Balaban J connectivity index is 2.41. The highest BCUT2D eigenvalue weighted by molar-refractivity contribution is 9.10. The molecule has 12 heavy (non-hydrogen) atoms. The highest BCUT2D eigenvalue weighted by Gasteiger charge is 1.93. The minimum absolute atomic E-state index is 0.272. The molecule has 0 spiro atoms. The zero-order valence-corrected chi connectivity index (χ0v) is 8.37. The van der Waals surface area contributed by atoms with Gasteiger partial charge in [-0.05, 0) is 28.9 Å². The van der Waals surface area contributed by atoms with E-state index in [4.69, 9.17) is 9.47 Å². The Labute approximate surface area is 79.8 Å². The van der Waals surface area contributed by atoms with Gasteiger partial charge in [0.25, 0.3) is 0 Å². The van der Waals surface area contributed by atoms with Gasteiger partial charge < -0.3 is 9.47 Å². The van der Waals surface area contributed by atoms with E-state index in [-0.39, 0.29) is 6.79 Å². The van der Waals surface area contributed by atoms with Crippen molar-refractivity contribution in [2.75, 3.05) is 13.4 Å². The number of hydrogen-bond donors (Lipinski definition) is 0. The number of aromatic nitrogens is 1. The minimum Gasteiger partial charge on any atom is -0.466 e. The fourth-order valence-corrected chi connectivity index (χ4v) is 1.01. The molecule has 3 nitrogen and oxygen atoms in total. The van der Waals surface area contributed by atoms with Crippen molar-refractivity contribution in [3.63, 3.8) is 0 Å². The maximum atomic E-state index is 5.21. The Kier molecular flexibility index (Phi) is 4.04. The molecule has 0 aromatic carbocycles. The molecule has 0 unspecified atom stereocenters. The third kappa shape index (κ3) is 3.19. The quantitative estimate of drug-likeness (QED) is 0.589. The molecule has 0 aliphatic carbocycles. The van der Waals surface area contributed by atoms with Gasteiger partial charge >= 0.3 is 0 Å². The van der Waals surface area contributed by atoms with Crippen LogP contribution in [0.1, 0.15) is 6.92 Å². The van der Waals surface area contributed by atoms with Crippen LogP contribution in [0.25, 0.3) is 0 Å². The zero-order valence-electron chi connectivity index (χ0n) is 6.79. The molecular formula is C8H10BrNO2. The van der Waals surface area contributed by atoms with E-state index in [0.29, 0.717) is 12.4 Å². The van der Waals surface area contributed by atoms with Gasteiger partial charge in [-0.15, -0.1) is 0 Å². The zero-order chi connectivity index (χ0) is 8.81. The predicted octanol–water partition coefficient (Wildman–Crippen LogP) is 2.22. The van der Waals surface area contributed by atoms with Crippen LogP contribution >= 0.6 is 15.9 Å². The van der Waals surface area contributed by atoms with Crippen LogP contribution in [0, 0.1) is 0 Å². The highest BCUT2D eigenvalue weighted by atomic mass is 79.9. The number of halogens is 1. The summed E-state index contributed by atoms with van der Waals surface area (Å²) in [6.07, 6.45) is 3.34. The molecular weight excluding hydrogens is 222 g/mol. The second-order valence-electron chi connectivity index (χ2n) is 2.09. The van der Waals surface area contributed by atoms with Crippen molar-refractivity contribution >= 4 is 15.9 Å². The first kappa shape index (κ1) is 9.48. The summed E-state index contributed by atoms with van der Waals surface area (Å²) in [6.45, 7) is 2.85. The van der Waals surface area contributed by atoms with E-state index in [2.05, 4.69) is 20.9 Å². The van der Waals surface area contributed by atoms with Gasteiger partial charge in [-0.1, -0.05) is 0 Å². The third-order valence-corrected chi connectivity index (χ3v) is 1.63. The highest BCUT2D eigenvalue weighted by Crippen LogP contribution is 2.15. The Hall–Kier alpha value is -0.610. The number of nitrogens with zero attached hydrogens (tertiary/aromatic N) is 1. The predicted molar refractivity (Wildman–Crippen MR) is 49.1 cm³/mol. The molecule has 0 amide bonds. The summed E-state index contributed by atoms with van der Waals surface area (Å²) in [5.41, 5.74) is 0. The second-order valence-corrected chi connectivity index (χ2v) is 3.01. The van der Waals surface area contributed by atoms with Gasteiger partial charge in [0.05, 0.1) is 6.20 Å². The summed E-state index contributed by atoms with van der Waals surface area (Å²) in [5.74, 6) is 0.706. The van der Waals surface area contributed by atoms with E-state index in [1.807, 2.05) is 13.0 Å². The van der Waals surface area contributed by atoms with Crippen molar-refractivity contribution in [2.45, 2.75) is 6.92 Å². The number of hydrogen-bond acceptors (Lipinski definition) is 3. The molecule has 0 N–H and O–H groups in total. The van der Waals surface area contributed by atoms with Crippen LogP contribution in [0.4, 0.5) is 0 Å². The van der Waals surface area contributed by atoms with Crippen LogP contribution in [-0.4, -0.2) is 18.4 Å². The number of pyridine rings is 1. The largest absolute Gasteiger partial charge is 0.466 e. The summed E-state index contributed by atoms with van der Waals surface area (Å²) < 4.78 is 11.1. The van der Waals surface area contributed by atoms with E-state index in [0.717, 1.165) is 4.47 Å². The summed E-state index contributed by atoms with van der Waals surface area (Å²) in [7, 11) is 0. The lowest BCUT2D eigenvalue weighted by atomic mass is 10.5.